The van der Waals surface area contributed by atoms with Gasteiger partial charge in [0.15, 0.2) is 0 Å². The Bertz CT molecular complexity index is 411. The molecular weight excluding hydrogens is 293 g/mol. The highest BCUT2D eigenvalue weighted by Gasteiger charge is 2.18. The maximum atomic E-state index is 13.3. The van der Waals surface area contributed by atoms with Crippen LogP contribution < -0.4 is 5.32 Å². The first-order valence-corrected chi connectivity index (χ1v) is 7.55. The van der Waals surface area contributed by atoms with Crippen LogP contribution in [0.2, 0.25) is 0 Å². The van der Waals surface area contributed by atoms with Gasteiger partial charge >= 0.3 is 0 Å². The highest BCUT2D eigenvalue weighted by molar-refractivity contribution is 9.10. The molecule has 0 spiro atoms. The Balaban J connectivity index is 1.92. The standard InChI is InChI=1S/C15H21BrFN/c1-10-3-5-12(6-4-10)9-18-15-8-13(16)14(17)7-11(15)2/h7-8,10,12,18H,3-6,9H2,1-2H3. The average molecular weight is 314 g/mol. The molecule has 1 nitrogen and oxygen atoms in total. The predicted octanol–water partition coefficient (Wildman–Crippen LogP) is 5.13. The van der Waals surface area contributed by atoms with Crippen molar-refractivity contribution in [1.29, 1.82) is 0 Å². The van der Waals surface area contributed by atoms with Crippen LogP contribution in [0.3, 0.4) is 0 Å². The Morgan fingerprint density at radius 3 is 2.61 bits per heavy atom. The first-order chi connectivity index (χ1) is 8.56. The van der Waals surface area contributed by atoms with E-state index in [2.05, 4.69) is 28.2 Å². The summed E-state index contributed by atoms with van der Waals surface area (Å²) < 4.78 is 13.9. The number of hydrogen-bond donors (Lipinski definition) is 1. The molecule has 0 unspecified atom stereocenters. The van der Waals surface area contributed by atoms with Crippen LogP contribution in [0, 0.1) is 24.6 Å². The van der Waals surface area contributed by atoms with Crippen molar-refractivity contribution in [2.45, 2.75) is 39.5 Å². The third-order valence-electron chi connectivity index (χ3n) is 3.98. The summed E-state index contributed by atoms with van der Waals surface area (Å²) in [6.45, 7) is 5.29. The van der Waals surface area contributed by atoms with Crippen LogP contribution in [-0.2, 0) is 0 Å². The average Bonchev–Trinajstić information content (AvgIpc) is 2.34. The van der Waals surface area contributed by atoms with Gasteiger partial charge in [0.2, 0.25) is 0 Å². The summed E-state index contributed by atoms with van der Waals surface area (Å²) in [7, 11) is 0. The first kappa shape index (κ1) is 13.9. The summed E-state index contributed by atoms with van der Waals surface area (Å²) in [6, 6.07) is 3.42. The van der Waals surface area contributed by atoms with Crippen molar-refractivity contribution in [2.24, 2.45) is 11.8 Å². The summed E-state index contributed by atoms with van der Waals surface area (Å²) in [5, 5.41) is 3.47. The molecule has 1 fully saturated rings. The fourth-order valence-electron chi connectivity index (χ4n) is 2.62. The molecule has 1 aliphatic carbocycles. The molecule has 1 aromatic carbocycles. The van der Waals surface area contributed by atoms with Crippen LogP contribution in [0.1, 0.15) is 38.2 Å². The second kappa shape index (κ2) is 6.05. The Hall–Kier alpha value is -0.570. The fourth-order valence-corrected chi connectivity index (χ4v) is 2.97. The van der Waals surface area contributed by atoms with Gasteiger partial charge in [-0.1, -0.05) is 19.8 Å². The smallest absolute Gasteiger partial charge is 0.137 e. The number of nitrogens with one attached hydrogen (secondary N) is 1. The largest absolute Gasteiger partial charge is 0.385 e. The van der Waals surface area contributed by atoms with Crippen molar-refractivity contribution >= 4 is 21.6 Å². The molecule has 0 saturated heterocycles. The van der Waals surface area contributed by atoms with Crippen LogP contribution in [-0.4, -0.2) is 6.54 Å². The molecule has 100 valence electrons. The SMILES string of the molecule is Cc1cc(F)c(Br)cc1NCC1CCC(C)CC1. The summed E-state index contributed by atoms with van der Waals surface area (Å²) in [5.41, 5.74) is 2.02. The first-order valence-electron chi connectivity index (χ1n) is 6.75. The molecule has 0 atom stereocenters. The number of benzene rings is 1. The van der Waals surface area contributed by atoms with E-state index in [0.29, 0.717) is 4.47 Å². The quantitative estimate of drug-likeness (QED) is 0.815. The van der Waals surface area contributed by atoms with Gasteiger partial charge in [0.25, 0.3) is 0 Å². The Kier molecular flexibility index (Phi) is 4.66. The Morgan fingerprint density at radius 2 is 1.94 bits per heavy atom. The monoisotopic (exact) mass is 313 g/mol. The molecule has 18 heavy (non-hydrogen) atoms. The van der Waals surface area contributed by atoms with E-state index in [4.69, 9.17) is 0 Å². The zero-order valence-corrected chi connectivity index (χ0v) is 12.7. The van der Waals surface area contributed by atoms with Crippen molar-refractivity contribution in [1.82, 2.24) is 0 Å². The van der Waals surface area contributed by atoms with Gasteiger partial charge in [0.05, 0.1) is 4.47 Å². The van der Waals surface area contributed by atoms with Gasteiger partial charge in [0, 0.05) is 12.2 Å². The van der Waals surface area contributed by atoms with Crippen LogP contribution in [0.25, 0.3) is 0 Å². The van der Waals surface area contributed by atoms with Crippen LogP contribution in [0.5, 0.6) is 0 Å². The van der Waals surface area contributed by atoms with E-state index in [9.17, 15) is 4.39 Å². The molecule has 1 aliphatic rings. The van der Waals surface area contributed by atoms with Gasteiger partial charge in [-0.2, -0.15) is 0 Å². The number of hydrogen-bond acceptors (Lipinski definition) is 1. The Morgan fingerprint density at radius 1 is 1.28 bits per heavy atom. The molecule has 0 bridgehead atoms. The minimum atomic E-state index is -0.190. The van der Waals surface area contributed by atoms with E-state index < -0.39 is 0 Å². The van der Waals surface area contributed by atoms with E-state index in [-0.39, 0.29) is 5.82 Å². The Labute approximate surface area is 117 Å². The summed E-state index contributed by atoms with van der Waals surface area (Å²) in [6.07, 6.45) is 5.32. The molecule has 1 saturated carbocycles. The van der Waals surface area contributed by atoms with Gasteiger partial charge in [-0.3, -0.25) is 0 Å². The number of halogens is 2. The number of anilines is 1. The van der Waals surface area contributed by atoms with Crippen molar-refractivity contribution in [3.63, 3.8) is 0 Å². The molecule has 2 rings (SSSR count). The minimum Gasteiger partial charge on any atom is -0.385 e. The summed E-state index contributed by atoms with van der Waals surface area (Å²) in [4.78, 5) is 0. The summed E-state index contributed by atoms with van der Waals surface area (Å²) >= 11 is 3.24. The van der Waals surface area contributed by atoms with Crippen molar-refractivity contribution in [3.05, 3.63) is 28.0 Å². The third kappa shape index (κ3) is 3.47. The highest BCUT2D eigenvalue weighted by atomic mass is 79.9. The van der Waals surface area contributed by atoms with Gasteiger partial charge < -0.3 is 5.32 Å². The predicted molar refractivity (Wildman–Crippen MR) is 78.4 cm³/mol. The molecule has 0 aromatic heterocycles. The maximum Gasteiger partial charge on any atom is 0.137 e. The molecule has 0 radical (unpaired) electrons. The maximum absolute atomic E-state index is 13.3. The van der Waals surface area contributed by atoms with E-state index in [0.717, 1.165) is 29.6 Å². The van der Waals surface area contributed by atoms with Gasteiger partial charge in [-0.25, -0.2) is 4.39 Å². The lowest BCUT2D eigenvalue weighted by Crippen LogP contribution is -2.20. The van der Waals surface area contributed by atoms with Crippen LogP contribution >= 0.6 is 15.9 Å². The molecule has 1 aromatic rings. The van der Waals surface area contributed by atoms with E-state index in [1.54, 1.807) is 6.07 Å². The lowest BCUT2D eigenvalue weighted by Gasteiger charge is -2.26. The second-order valence-electron chi connectivity index (χ2n) is 5.59. The van der Waals surface area contributed by atoms with Crippen LogP contribution in [0.4, 0.5) is 10.1 Å². The number of aryl methyl sites for hydroxylation is 1. The molecule has 0 amide bonds. The minimum absolute atomic E-state index is 0.190. The van der Waals surface area contributed by atoms with E-state index in [1.807, 2.05) is 13.0 Å². The van der Waals surface area contributed by atoms with Crippen molar-refractivity contribution in [3.8, 4) is 0 Å². The fraction of sp³-hybridized carbons (Fsp3) is 0.600. The number of rotatable bonds is 3. The van der Waals surface area contributed by atoms with E-state index in [1.165, 1.54) is 25.7 Å². The topological polar surface area (TPSA) is 12.0 Å². The van der Waals surface area contributed by atoms with Crippen molar-refractivity contribution < 1.29 is 4.39 Å². The van der Waals surface area contributed by atoms with Gasteiger partial charge in [-0.15, -0.1) is 0 Å². The van der Waals surface area contributed by atoms with Crippen LogP contribution in [0.15, 0.2) is 16.6 Å². The van der Waals surface area contributed by atoms with E-state index >= 15 is 0 Å². The second-order valence-corrected chi connectivity index (χ2v) is 6.44. The molecule has 3 heteroatoms. The normalized spacial score (nSPS) is 24.0. The lowest BCUT2D eigenvalue weighted by atomic mass is 9.83. The highest BCUT2D eigenvalue weighted by Crippen LogP contribution is 2.29. The van der Waals surface area contributed by atoms with Gasteiger partial charge in [-0.05, 0) is 65.2 Å². The zero-order chi connectivity index (χ0) is 13.1. The lowest BCUT2D eigenvalue weighted by molar-refractivity contribution is 0.300. The molecule has 0 aliphatic heterocycles. The van der Waals surface area contributed by atoms with Gasteiger partial charge in [0.1, 0.15) is 5.82 Å². The molecular formula is C15H21BrFN. The van der Waals surface area contributed by atoms with Crippen molar-refractivity contribution in [2.75, 3.05) is 11.9 Å². The molecule has 0 heterocycles. The molecule has 1 N–H and O–H groups in total. The zero-order valence-electron chi connectivity index (χ0n) is 11.1. The third-order valence-corrected chi connectivity index (χ3v) is 4.59. The summed E-state index contributed by atoms with van der Waals surface area (Å²) in [5.74, 6) is 1.47.